The molecule has 63 heavy (non-hydrogen) atoms. The fraction of sp³-hybridized carbons (Fsp3) is 0.556. The van der Waals surface area contributed by atoms with Gasteiger partial charge in [0, 0.05) is 68.2 Å². The van der Waals surface area contributed by atoms with Gasteiger partial charge in [0.1, 0.15) is 17.2 Å². The lowest BCUT2D eigenvalue weighted by atomic mass is 9.44. The molecule has 12 bridgehead atoms. The minimum Gasteiger partial charge on any atom is -0.453 e. The zero-order chi connectivity index (χ0) is 42.6. The third-order valence-electron chi connectivity index (χ3n) is 18.6. The van der Waals surface area contributed by atoms with E-state index in [2.05, 4.69) is 0 Å². The van der Waals surface area contributed by atoms with Crippen LogP contribution in [0.15, 0.2) is 54.6 Å². The van der Waals surface area contributed by atoms with Crippen LogP contribution in [0.4, 0.5) is 30.2 Å². The van der Waals surface area contributed by atoms with Crippen molar-refractivity contribution in [1.29, 1.82) is 0 Å². The Labute approximate surface area is 368 Å². The molecule has 12 aliphatic carbocycles. The third-order valence-corrected chi connectivity index (χ3v) is 18.6. The monoisotopic (exact) mass is 855 g/mol. The van der Waals surface area contributed by atoms with Gasteiger partial charge >= 0.3 is 0 Å². The van der Waals surface area contributed by atoms with Crippen molar-refractivity contribution in [3.63, 3.8) is 0 Å². The zero-order valence-corrected chi connectivity index (χ0v) is 36.2. The van der Waals surface area contributed by atoms with Crippen LogP contribution in [0, 0.1) is 70.7 Å². The van der Waals surface area contributed by atoms with E-state index < -0.39 is 17.5 Å². The van der Waals surface area contributed by atoms with E-state index in [1.54, 1.807) is 36.4 Å². The number of nitrogen functional groups attached to an aromatic ring is 3. The van der Waals surface area contributed by atoms with Crippen LogP contribution in [0.2, 0.25) is 0 Å². The second-order valence-corrected chi connectivity index (χ2v) is 23.1. The molecule has 12 fully saturated rings. The van der Waals surface area contributed by atoms with Crippen LogP contribution in [0.25, 0.3) is 0 Å². The summed E-state index contributed by atoms with van der Waals surface area (Å²) in [4.78, 5) is 0. The highest BCUT2D eigenvalue weighted by molar-refractivity contribution is 5.72. The van der Waals surface area contributed by atoms with Gasteiger partial charge in [0.05, 0.1) is 0 Å². The van der Waals surface area contributed by atoms with E-state index in [0.717, 1.165) is 74.5 Å². The van der Waals surface area contributed by atoms with Gasteiger partial charge in [-0.15, -0.1) is 0 Å². The molecule has 4 aromatic carbocycles. The Bertz CT molecular complexity index is 2150. The molecule has 0 heterocycles. The van der Waals surface area contributed by atoms with Crippen molar-refractivity contribution in [2.24, 2.45) is 53.3 Å². The average molecular weight is 856 g/mol. The number of anilines is 3. The second-order valence-electron chi connectivity index (χ2n) is 23.1. The first-order valence-corrected chi connectivity index (χ1v) is 24.3. The Balaban J connectivity index is 1.19. The van der Waals surface area contributed by atoms with Gasteiger partial charge < -0.3 is 31.4 Å². The predicted molar refractivity (Wildman–Crippen MR) is 239 cm³/mol. The van der Waals surface area contributed by atoms with Crippen molar-refractivity contribution in [2.75, 3.05) is 17.2 Å². The van der Waals surface area contributed by atoms with Crippen LogP contribution >= 0.6 is 0 Å². The second kappa shape index (κ2) is 13.7. The van der Waals surface area contributed by atoms with E-state index in [1.807, 2.05) is 0 Å². The van der Waals surface area contributed by atoms with Gasteiger partial charge in [-0.1, -0.05) is 0 Å². The summed E-state index contributed by atoms with van der Waals surface area (Å²) in [6.07, 6.45) is 19.6. The van der Waals surface area contributed by atoms with Crippen LogP contribution in [-0.2, 0) is 16.2 Å². The van der Waals surface area contributed by atoms with Crippen molar-refractivity contribution in [2.45, 2.75) is 132 Å². The number of ether oxygens (including phenoxy) is 3. The summed E-state index contributed by atoms with van der Waals surface area (Å²) in [5.41, 5.74) is 21.3. The highest BCUT2D eigenvalue weighted by Crippen LogP contribution is 2.73. The first-order chi connectivity index (χ1) is 30.4. The highest BCUT2D eigenvalue weighted by Gasteiger charge is 2.62. The summed E-state index contributed by atoms with van der Waals surface area (Å²) in [5.74, 6) is 5.28. The molecule has 6 N–H and O–H groups in total. The largest absolute Gasteiger partial charge is 0.453 e. The molecule has 0 spiro atoms. The molecule has 0 amide bonds. The van der Waals surface area contributed by atoms with Crippen molar-refractivity contribution in [3.05, 3.63) is 88.7 Å². The van der Waals surface area contributed by atoms with E-state index in [9.17, 15) is 0 Å². The third kappa shape index (κ3) is 6.16. The Hall–Kier alpha value is -4.53. The number of hydrogen-bond donors (Lipinski definition) is 3. The van der Waals surface area contributed by atoms with Crippen LogP contribution < -0.4 is 31.4 Å². The van der Waals surface area contributed by atoms with Gasteiger partial charge in [0.25, 0.3) is 0 Å². The first kappa shape index (κ1) is 38.9. The molecular formula is C54H60F3N3O3. The van der Waals surface area contributed by atoms with Gasteiger partial charge in [-0.2, -0.15) is 0 Å². The van der Waals surface area contributed by atoms with E-state index in [0.29, 0.717) is 87.6 Å². The molecule has 0 atom stereocenters. The lowest BCUT2D eigenvalue weighted by Crippen LogP contribution is -2.52. The van der Waals surface area contributed by atoms with Gasteiger partial charge in [-0.05, 0) is 205 Å². The molecule has 0 aliphatic heterocycles. The summed E-state index contributed by atoms with van der Waals surface area (Å²) in [7, 11) is 0. The summed E-state index contributed by atoms with van der Waals surface area (Å²) in [5, 5.41) is 0. The zero-order valence-electron chi connectivity index (χ0n) is 36.2. The summed E-state index contributed by atoms with van der Waals surface area (Å²) < 4.78 is 72.0. The van der Waals surface area contributed by atoms with E-state index >= 15 is 13.2 Å². The molecule has 330 valence electrons. The number of nitrogens with two attached hydrogens (primary N) is 3. The molecule has 16 rings (SSSR count). The van der Waals surface area contributed by atoms with Crippen LogP contribution in [0.3, 0.4) is 0 Å². The van der Waals surface area contributed by atoms with Gasteiger partial charge in [-0.25, -0.2) is 13.2 Å². The van der Waals surface area contributed by atoms with E-state index in [4.69, 9.17) is 31.4 Å². The number of rotatable bonds is 9. The standard InChI is InChI=1S/C54H60F3N3O3/c55-40-16-37(58)1-4-43(40)61-49-46(52-19-28-7-29(20-52)9-30(8-28)21-52)50(62-44-5-2-38(59)17-41(44)56)48(54-25-34-13-35(26-54)15-36(14-34)27-54)51(63-45-6-3-39(60)18-42(45)57)47(49)53-22-31-10-32(23-53)12-33(11-31)24-53/h1-6,16-18,28-36H,7-15,19-27,58-60H2. The van der Waals surface area contributed by atoms with E-state index in [-0.39, 0.29) is 33.5 Å². The van der Waals surface area contributed by atoms with E-state index in [1.165, 1.54) is 76.0 Å². The lowest BCUT2D eigenvalue weighted by molar-refractivity contribution is -0.0153. The SMILES string of the molecule is Nc1ccc(Oc2c(C34CC5CC(CC(C5)C3)C4)c(Oc3ccc(N)cc3F)c(C34CC5CC(CC(C5)C3)C4)c(Oc3ccc(N)cc3F)c2C23CC4CC(CC(C4)C2)C3)c(F)c1. The molecule has 0 unspecified atom stereocenters. The maximum absolute atomic E-state index is 16.6. The molecule has 9 heteroatoms. The van der Waals surface area contributed by atoms with Crippen molar-refractivity contribution >= 4 is 17.1 Å². The Morgan fingerprint density at radius 2 is 0.556 bits per heavy atom. The smallest absolute Gasteiger partial charge is 0.167 e. The summed E-state index contributed by atoms with van der Waals surface area (Å²) >= 11 is 0. The Kier molecular flexibility index (Phi) is 8.48. The Morgan fingerprint density at radius 3 is 0.746 bits per heavy atom. The normalized spacial score (nSPS) is 37.5. The van der Waals surface area contributed by atoms with Gasteiger partial charge in [0.2, 0.25) is 0 Å². The minimum atomic E-state index is -0.549. The van der Waals surface area contributed by atoms with Crippen molar-refractivity contribution < 1.29 is 27.4 Å². The maximum atomic E-state index is 16.6. The fourth-order valence-corrected chi connectivity index (χ4v) is 17.8. The van der Waals surface area contributed by atoms with Gasteiger partial charge in [-0.3, -0.25) is 0 Å². The molecule has 0 aromatic heterocycles. The quantitative estimate of drug-likeness (QED) is 0.145. The molecule has 12 saturated carbocycles. The van der Waals surface area contributed by atoms with Crippen molar-refractivity contribution in [3.8, 4) is 34.5 Å². The maximum Gasteiger partial charge on any atom is 0.167 e. The van der Waals surface area contributed by atoms with Crippen LogP contribution in [0.1, 0.15) is 132 Å². The summed E-state index contributed by atoms with van der Waals surface area (Å²) in [6.45, 7) is 0. The highest BCUT2D eigenvalue weighted by atomic mass is 19.1. The number of benzene rings is 4. The summed E-state index contributed by atoms with van der Waals surface area (Å²) in [6, 6.07) is 14.0. The fourth-order valence-electron chi connectivity index (χ4n) is 17.8. The topological polar surface area (TPSA) is 106 Å². The molecule has 12 aliphatic rings. The van der Waals surface area contributed by atoms with Crippen molar-refractivity contribution in [1.82, 2.24) is 0 Å². The molecular weight excluding hydrogens is 796 g/mol. The molecule has 4 aromatic rings. The average Bonchev–Trinajstić information content (AvgIpc) is 3.19. The molecule has 0 saturated heterocycles. The first-order valence-electron chi connectivity index (χ1n) is 24.3. The molecule has 6 nitrogen and oxygen atoms in total. The number of halogens is 3. The minimum absolute atomic E-state index is 0.0814. The number of hydrogen-bond acceptors (Lipinski definition) is 6. The van der Waals surface area contributed by atoms with Crippen LogP contribution in [0.5, 0.6) is 34.5 Å². The predicted octanol–water partition coefficient (Wildman–Crippen LogP) is 13.6. The van der Waals surface area contributed by atoms with Crippen LogP contribution in [-0.4, -0.2) is 0 Å². The lowest BCUT2D eigenvalue weighted by Gasteiger charge is -2.61. The van der Waals surface area contributed by atoms with Gasteiger partial charge in [0.15, 0.2) is 34.7 Å². The molecule has 0 radical (unpaired) electrons. The Morgan fingerprint density at radius 1 is 0.349 bits per heavy atom.